The maximum atomic E-state index is 12.6. The van der Waals surface area contributed by atoms with E-state index in [1.165, 1.54) is 30.8 Å². The van der Waals surface area contributed by atoms with Crippen molar-refractivity contribution in [3.05, 3.63) is 56.9 Å². The van der Waals surface area contributed by atoms with E-state index in [4.69, 9.17) is 0 Å². The molecule has 2 aliphatic heterocycles. The van der Waals surface area contributed by atoms with Gasteiger partial charge >= 0.3 is 5.69 Å². The number of rotatable bonds is 6. The van der Waals surface area contributed by atoms with Crippen molar-refractivity contribution in [2.75, 3.05) is 26.2 Å². The molecule has 0 atom stereocenters. The Labute approximate surface area is 177 Å². The van der Waals surface area contributed by atoms with E-state index in [1.807, 2.05) is 41.1 Å². The Hall–Kier alpha value is -1.89. The van der Waals surface area contributed by atoms with Crippen LogP contribution in [0, 0.1) is 0 Å². The van der Waals surface area contributed by atoms with Gasteiger partial charge in [-0.1, -0.05) is 18.7 Å². The van der Waals surface area contributed by atoms with Gasteiger partial charge < -0.3 is 9.88 Å². The van der Waals surface area contributed by atoms with Gasteiger partial charge in [-0.2, -0.15) is 0 Å². The minimum absolute atomic E-state index is 0.00617. The first-order valence-electron chi connectivity index (χ1n) is 10.8. The minimum Gasteiger partial charge on any atom is -0.306 e. The number of allylic oxidation sites excluding steroid dienone is 1. The van der Waals surface area contributed by atoms with Crippen LogP contribution in [0.5, 0.6) is 0 Å². The quantitative estimate of drug-likeness (QED) is 0.773. The van der Waals surface area contributed by atoms with Gasteiger partial charge in [0.2, 0.25) is 0 Å². The van der Waals surface area contributed by atoms with E-state index in [2.05, 4.69) is 38.9 Å². The van der Waals surface area contributed by atoms with E-state index in [-0.39, 0.29) is 11.7 Å². The third-order valence-corrected chi connectivity index (χ3v) is 7.28. The van der Waals surface area contributed by atoms with Crippen LogP contribution in [-0.4, -0.2) is 51.6 Å². The average molecular weight is 413 g/mol. The highest BCUT2D eigenvalue weighted by Crippen LogP contribution is 2.28. The van der Waals surface area contributed by atoms with Gasteiger partial charge in [-0.05, 0) is 56.2 Å². The molecule has 4 rings (SSSR count). The number of aromatic amines is 1. The third kappa shape index (κ3) is 4.49. The Morgan fingerprint density at radius 1 is 1.17 bits per heavy atom. The van der Waals surface area contributed by atoms with Crippen molar-refractivity contribution in [3.63, 3.8) is 0 Å². The summed E-state index contributed by atoms with van der Waals surface area (Å²) in [5.41, 5.74) is 1.79. The molecule has 2 aromatic rings. The molecule has 0 radical (unpaired) electrons. The number of piperidine rings is 2. The molecule has 0 saturated carbocycles. The van der Waals surface area contributed by atoms with Crippen LogP contribution in [0.1, 0.15) is 54.9 Å². The second-order valence-electron chi connectivity index (χ2n) is 8.16. The summed E-state index contributed by atoms with van der Waals surface area (Å²) in [6.45, 7) is 11.5. The van der Waals surface area contributed by atoms with Crippen LogP contribution in [0.15, 0.2) is 35.0 Å². The summed E-state index contributed by atoms with van der Waals surface area (Å²) in [5, 5.41) is 2.17. The molecule has 156 valence electrons. The fourth-order valence-corrected chi connectivity index (χ4v) is 5.66. The van der Waals surface area contributed by atoms with E-state index in [9.17, 15) is 4.79 Å². The molecule has 29 heavy (non-hydrogen) atoms. The fourth-order valence-electron chi connectivity index (χ4n) is 4.92. The molecule has 0 aromatic carbocycles. The van der Waals surface area contributed by atoms with Gasteiger partial charge in [0.15, 0.2) is 0 Å². The number of imidazole rings is 1. The Morgan fingerprint density at radius 3 is 2.52 bits per heavy atom. The van der Waals surface area contributed by atoms with Gasteiger partial charge in [0.1, 0.15) is 0 Å². The Balaban J connectivity index is 1.32. The van der Waals surface area contributed by atoms with Crippen molar-refractivity contribution >= 4 is 23.5 Å². The molecule has 2 aliphatic rings. The van der Waals surface area contributed by atoms with Gasteiger partial charge in [-0.3, -0.25) is 9.47 Å². The van der Waals surface area contributed by atoms with Crippen molar-refractivity contribution < 1.29 is 0 Å². The number of hydrogen-bond donors (Lipinski definition) is 1. The first kappa shape index (κ1) is 20.4. The normalized spacial score (nSPS) is 20.6. The number of likely N-dealkylation sites (tertiary alicyclic amines) is 2. The van der Waals surface area contributed by atoms with Gasteiger partial charge in [-0.25, -0.2) is 4.79 Å². The van der Waals surface area contributed by atoms with Gasteiger partial charge in [0.05, 0.1) is 11.4 Å². The number of thiophene rings is 1. The lowest BCUT2D eigenvalue weighted by atomic mass is 9.97. The van der Waals surface area contributed by atoms with Crippen LogP contribution < -0.4 is 5.69 Å². The molecular weight excluding hydrogens is 380 g/mol. The highest BCUT2D eigenvalue weighted by atomic mass is 32.1. The number of hydrogen-bond acceptors (Lipinski definition) is 4. The zero-order valence-electron chi connectivity index (χ0n) is 17.3. The zero-order chi connectivity index (χ0) is 20.2. The number of nitrogens with zero attached hydrogens (tertiary/aromatic N) is 3. The van der Waals surface area contributed by atoms with E-state index < -0.39 is 0 Å². The number of aromatic nitrogens is 2. The predicted octanol–water partition coefficient (Wildman–Crippen LogP) is 4.22. The molecule has 0 bridgehead atoms. The summed E-state index contributed by atoms with van der Waals surface area (Å²) in [5.74, 6) is 0. The Kier molecular flexibility index (Phi) is 6.53. The summed E-state index contributed by atoms with van der Waals surface area (Å²) in [7, 11) is 0. The summed E-state index contributed by atoms with van der Waals surface area (Å²) in [6, 6.07) is 5.34. The minimum atomic E-state index is -0.00617. The second kappa shape index (κ2) is 9.28. The van der Waals surface area contributed by atoms with Crippen LogP contribution in [0.25, 0.3) is 12.2 Å². The molecule has 5 nitrogen and oxygen atoms in total. The smallest absolute Gasteiger partial charge is 0.306 e. The van der Waals surface area contributed by atoms with Gasteiger partial charge in [0.25, 0.3) is 0 Å². The number of nitrogens with one attached hydrogen (secondary N) is 1. The monoisotopic (exact) mass is 412 g/mol. The first-order chi connectivity index (χ1) is 14.2. The molecule has 1 N–H and O–H groups in total. The molecule has 4 heterocycles. The predicted molar refractivity (Wildman–Crippen MR) is 122 cm³/mol. The maximum Gasteiger partial charge on any atom is 0.326 e. The van der Waals surface area contributed by atoms with E-state index in [0.29, 0.717) is 6.04 Å². The molecule has 2 aromatic heterocycles. The van der Waals surface area contributed by atoms with Gasteiger partial charge in [-0.15, -0.1) is 11.3 Å². The largest absolute Gasteiger partial charge is 0.326 e. The molecule has 0 spiro atoms. The average Bonchev–Trinajstić information content (AvgIpc) is 3.36. The standard InChI is InChI=1S/C23H32N4OS/c1-3-6-21-22(4-2)27(23(28)24-21)19-10-14-26(15-11-19)18-8-12-25(13-9-18)17-20-7-5-16-29-20/h3-7,16,18-19H,2,8-15,17H2,1H3,(H,24,28)/b6-3-. The highest BCUT2D eigenvalue weighted by Gasteiger charge is 2.30. The van der Waals surface area contributed by atoms with Crippen LogP contribution in [0.2, 0.25) is 0 Å². The summed E-state index contributed by atoms with van der Waals surface area (Å²) in [4.78, 5) is 22.3. The van der Waals surface area contributed by atoms with Crippen LogP contribution >= 0.6 is 11.3 Å². The summed E-state index contributed by atoms with van der Waals surface area (Å²) < 4.78 is 1.93. The third-order valence-electron chi connectivity index (χ3n) is 6.42. The van der Waals surface area contributed by atoms with Gasteiger partial charge in [0, 0.05) is 49.7 Å². The van der Waals surface area contributed by atoms with E-state index in [1.54, 1.807) is 0 Å². The molecular formula is C23H32N4OS. The highest BCUT2D eigenvalue weighted by molar-refractivity contribution is 7.09. The summed E-state index contributed by atoms with van der Waals surface area (Å²) in [6.07, 6.45) is 10.3. The first-order valence-corrected chi connectivity index (χ1v) is 11.7. The lowest BCUT2D eigenvalue weighted by Crippen LogP contribution is -2.48. The molecule has 6 heteroatoms. The molecule has 0 unspecified atom stereocenters. The summed E-state index contributed by atoms with van der Waals surface area (Å²) >= 11 is 1.86. The van der Waals surface area contributed by atoms with E-state index in [0.717, 1.165) is 43.9 Å². The lowest BCUT2D eigenvalue weighted by molar-refractivity contribution is 0.0766. The van der Waals surface area contributed by atoms with Crippen molar-refractivity contribution in [1.29, 1.82) is 0 Å². The fraction of sp³-hybridized carbons (Fsp3) is 0.522. The van der Waals surface area contributed by atoms with Crippen molar-refractivity contribution in [2.24, 2.45) is 0 Å². The number of H-pyrrole nitrogens is 1. The van der Waals surface area contributed by atoms with Crippen molar-refractivity contribution in [1.82, 2.24) is 19.4 Å². The molecule has 0 aliphatic carbocycles. The van der Waals surface area contributed by atoms with Crippen molar-refractivity contribution in [3.8, 4) is 0 Å². The molecule has 0 amide bonds. The molecule has 2 fully saturated rings. The lowest BCUT2D eigenvalue weighted by Gasteiger charge is -2.42. The van der Waals surface area contributed by atoms with Crippen molar-refractivity contribution in [2.45, 2.75) is 51.2 Å². The zero-order valence-corrected chi connectivity index (χ0v) is 18.2. The van der Waals surface area contributed by atoms with Crippen LogP contribution in [0.3, 0.4) is 0 Å². The maximum absolute atomic E-state index is 12.6. The molecule has 2 saturated heterocycles. The topological polar surface area (TPSA) is 44.3 Å². The van der Waals surface area contributed by atoms with Crippen LogP contribution in [-0.2, 0) is 6.54 Å². The Morgan fingerprint density at radius 2 is 1.90 bits per heavy atom. The second-order valence-corrected chi connectivity index (χ2v) is 9.19. The SMILES string of the molecule is C=Cc1c(/C=C\C)[nH]c(=O)n1C1CCN(C2CCN(Cc3cccs3)CC2)CC1. The van der Waals surface area contributed by atoms with Crippen LogP contribution in [0.4, 0.5) is 0 Å². The Bertz CT molecular complexity index is 879. The van der Waals surface area contributed by atoms with E-state index >= 15 is 0 Å².